The van der Waals surface area contributed by atoms with E-state index < -0.39 is 6.10 Å². The van der Waals surface area contributed by atoms with Crippen molar-refractivity contribution in [3.8, 4) is 5.75 Å². The number of benzene rings is 1. The zero-order valence-electron chi connectivity index (χ0n) is 14.5. The number of piperazine rings is 1. The number of halogens is 1. The van der Waals surface area contributed by atoms with Crippen LogP contribution in [0.15, 0.2) is 48.8 Å². The normalized spacial score (nSPS) is 18.2. The number of nitrogens with zero attached hydrogens (tertiary/aromatic N) is 2. The van der Waals surface area contributed by atoms with Crippen LogP contribution in [0.25, 0.3) is 0 Å². The lowest BCUT2D eigenvalue weighted by Crippen LogP contribution is -2.52. The molecule has 0 spiro atoms. The van der Waals surface area contributed by atoms with Crippen LogP contribution in [-0.4, -0.2) is 41.5 Å². The minimum atomic E-state index is -0.524. The van der Waals surface area contributed by atoms with Gasteiger partial charge in [0, 0.05) is 32.0 Å². The van der Waals surface area contributed by atoms with E-state index in [9.17, 15) is 4.79 Å². The number of carbonyl (C=O) groups is 1. The summed E-state index contributed by atoms with van der Waals surface area (Å²) in [5, 5.41) is 3.35. The number of pyridine rings is 1. The maximum atomic E-state index is 12.9. The van der Waals surface area contributed by atoms with E-state index in [1.54, 1.807) is 6.20 Å². The molecule has 1 aliphatic heterocycles. The predicted octanol–water partition coefficient (Wildman–Crippen LogP) is 2.75. The Morgan fingerprint density at radius 3 is 2.92 bits per heavy atom. The molecule has 2 unspecified atom stereocenters. The lowest BCUT2D eigenvalue weighted by atomic mass is 10.0. The highest BCUT2D eigenvalue weighted by Gasteiger charge is 2.31. The van der Waals surface area contributed by atoms with E-state index in [0.29, 0.717) is 6.54 Å². The third-order valence-electron chi connectivity index (χ3n) is 4.25. The third kappa shape index (κ3) is 4.71. The summed E-state index contributed by atoms with van der Waals surface area (Å²) in [6.07, 6.45) is 3.04. The van der Waals surface area contributed by atoms with Gasteiger partial charge in [0.25, 0.3) is 5.91 Å². The fraction of sp³-hybridized carbons (Fsp3) is 0.368. The van der Waals surface area contributed by atoms with Gasteiger partial charge >= 0.3 is 0 Å². The van der Waals surface area contributed by atoms with Crippen LogP contribution in [0.4, 0.5) is 0 Å². The van der Waals surface area contributed by atoms with Crippen LogP contribution in [0.5, 0.6) is 5.75 Å². The minimum Gasteiger partial charge on any atom is -0.481 e. The van der Waals surface area contributed by atoms with Crippen molar-refractivity contribution in [3.63, 3.8) is 0 Å². The number of nitrogens with one attached hydrogen (secondary N) is 1. The summed E-state index contributed by atoms with van der Waals surface area (Å²) in [6, 6.07) is 11.7. The van der Waals surface area contributed by atoms with Gasteiger partial charge in [-0.1, -0.05) is 18.2 Å². The van der Waals surface area contributed by atoms with E-state index in [2.05, 4.69) is 10.3 Å². The number of rotatable bonds is 4. The zero-order chi connectivity index (χ0) is 16.9. The summed E-state index contributed by atoms with van der Waals surface area (Å²) in [7, 11) is 0. The largest absolute Gasteiger partial charge is 0.481 e. The number of amides is 1. The van der Waals surface area contributed by atoms with Gasteiger partial charge in [-0.3, -0.25) is 9.78 Å². The smallest absolute Gasteiger partial charge is 0.263 e. The van der Waals surface area contributed by atoms with E-state index in [-0.39, 0.29) is 24.4 Å². The first-order valence-corrected chi connectivity index (χ1v) is 8.29. The van der Waals surface area contributed by atoms with E-state index in [0.717, 1.165) is 30.0 Å². The van der Waals surface area contributed by atoms with Crippen LogP contribution in [0.1, 0.15) is 24.1 Å². The third-order valence-corrected chi connectivity index (χ3v) is 4.25. The molecule has 2 aromatic rings. The summed E-state index contributed by atoms with van der Waals surface area (Å²) in [4.78, 5) is 19.0. The first-order chi connectivity index (χ1) is 11.6. The molecule has 1 N–H and O–H groups in total. The molecule has 0 radical (unpaired) electrons. The van der Waals surface area contributed by atoms with Crippen LogP contribution in [0.2, 0.25) is 0 Å². The first-order valence-electron chi connectivity index (χ1n) is 8.29. The lowest BCUT2D eigenvalue weighted by Gasteiger charge is -2.37. The molecule has 2 atom stereocenters. The molecule has 0 aliphatic carbocycles. The Balaban J connectivity index is 0.00000225. The van der Waals surface area contributed by atoms with E-state index in [1.165, 1.54) is 0 Å². The number of ether oxygens (including phenoxy) is 1. The van der Waals surface area contributed by atoms with Crippen molar-refractivity contribution in [3.05, 3.63) is 59.9 Å². The molecule has 1 aliphatic rings. The second-order valence-corrected chi connectivity index (χ2v) is 6.11. The van der Waals surface area contributed by atoms with Crippen molar-refractivity contribution >= 4 is 18.3 Å². The van der Waals surface area contributed by atoms with Crippen molar-refractivity contribution in [1.29, 1.82) is 0 Å². The molecule has 134 valence electrons. The quantitative estimate of drug-likeness (QED) is 0.909. The second kappa shape index (κ2) is 8.83. The van der Waals surface area contributed by atoms with Crippen molar-refractivity contribution in [2.45, 2.75) is 26.0 Å². The lowest BCUT2D eigenvalue weighted by molar-refractivity contribution is -0.141. The zero-order valence-corrected chi connectivity index (χ0v) is 15.3. The van der Waals surface area contributed by atoms with Crippen LogP contribution < -0.4 is 10.1 Å². The molecule has 0 saturated carbocycles. The van der Waals surface area contributed by atoms with E-state index in [4.69, 9.17) is 4.74 Å². The fourth-order valence-corrected chi connectivity index (χ4v) is 3.02. The SMILES string of the molecule is Cc1cccc(OC(C)C(=O)N2CCNCC2c2cccnc2)c1.Cl. The van der Waals surface area contributed by atoms with Gasteiger partial charge in [-0.15, -0.1) is 12.4 Å². The molecule has 1 fully saturated rings. The van der Waals surface area contributed by atoms with Crippen LogP contribution in [0, 0.1) is 6.92 Å². The van der Waals surface area contributed by atoms with Crippen molar-refractivity contribution in [2.24, 2.45) is 0 Å². The first kappa shape index (κ1) is 19.2. The Kier molecular flexibility index (Phi) is 6.79. The van der Waals surface area contributed by atoms with Gasteiger partial charge in [0.2, 0.25) is 0 Å². The number of carbonyl (C=O) groups excluding carboxylic acids is 1. The summed E-state index contributed by atoms with van der Waals surface area (Å²) in [5.41, 5.74) is 2.16. The van der Waals surface area contributed by atoms with Crippen LogP contribution in [-0.2, 0) is 4.79 Å². The Labute approximate surface area is 154 Å². The fourth-order valence-electron chi connectivity index (χ4n) is 3.02. The van der Waals surface area contributed by atoms with Crippen LogP contribution in [0.3, 0.4) is 0 Å². The molecular formula is C19H24ClN3O2. The Hall–Kier alpha value is -2.11. The molecule has 1 aromatic carbocycles. The summed E-state index contributed by atoms with van der Waals surface area (Å²) in [5.74, 6) is 0.732. The topological polar surface area (TPSA) is 54.5 Å². The van der Waals surface area contributed by atoms with Gasteiger partial charge in [0.1, 0.15) is 5.75 Å². The summed E-state index contributed by atoms with van der Waals surface area (Å²) >= 11 is 0. The molecule has 3 rings (SSSR count). The number of aromatic nitrogens is 1. The number of hydrogen-bond donors (Lipinski definition) is 1. The molecule has 1 amide bonds. The van der Waals surface area contributed by atoms with Gasteiger partial charge in [-0.25, -0.2) is 0 Å². The average molecular weight is 362 g/mol. The molecule has 2 heterocycles. The standard InChI is InChI=1S/C19H23N3O2.ClH/c1-14-5-3-7-17(11-14)24-15(2)19(23)22-10-9-21-13-18(22)16-6-4-8-20-12-16;/h3-8,11-12,15,18,21H,9-10,13H2,1-2H3;1H. The van der Waals surface area contributed by atoms with Gasteiger partial charge in [0.05, 0.1) is 6.04 Å². The molecule has 5 nitrogen and oxygen atoms in total. The second-order valence-electron chi connectivity index (χ2n) is 6.11. The van der Waals surface area contributed by atoms with Crippen molar-refractivity contribution < 1.29 is 9.53 Å². The van der Waals surface area contributed by atoms with Gasteiger partial charge in [0.15, 0.2) is 6.10 Å². The van der Waals surface area contributed by atoms with Gasteiger partial charge in [-0.05, 0) is 43.2 Å². The maximum absolute atomic E-state index is 12.9. The van der Waals surface area contributed by atoms with Crippen molar-refractivity contribution in [1.82, 2.24) is 15.2 Å². The highest BCUT2D eigenvalue weighted by molar-refractivity contribution is 5.85. The number of hydrogen-bond acceptors (Lipinski definition) is 4. The average Bonchev–Trinajstić information content (AvgIpc) is 2.62. The molecule has 6 heteroatoms. The van der Waals surface area contributed by atoms with Gasteiger partial charge < -0.3 is 15.0 Å². The van der Waals surface area contributed by atoms with Gasteiger partial charge in [-0.2, -0.15) is 0 Å². The highest BCUT2D eigenvalue weighted by Crippen LogP contribution is 2.23. The molecule has 25 heavy (non-hydrogen) atoms. The van der Waals surface area contributed by atoms with Crippen molar-refractivity contribution in [2.75, 3.05) is 19.6 Å². The molecule has 1 aromatic heterocycles. The minimum absolute atomic E-state index is 0. The van der Waals surface area contributed by atoms with E-state index >= 15 is 0 Å². The molecule has 1 saturated heterocycles. The summed E-state index contributed by atoms with van der Waals surface area (Å²) < 4.78 is 5.87. The molecular weight excluding hydrogens is 338 g/mol. The Bertz CT molecular complexity index is 696. The monoisotopic (exact) mass is 361 g/mol. The Morgan fingerprint density at radius 2 is 2.20 bits per heavy atom. The summed E-state index contributed by atoms with van der Waals surface area (Å²) in [6.45, 7) is 6.01. The molecule has 0 bridgehead atoms. The van der Waals surface area contributed by atoms with Crippen LogP contribution >= 0.6 is 12.4 Å². The predicted molar refractivity (Wildman–Crippen MR) is 100 cm³/mol. The Morgan fingerprint density at radius 1 is 1.36 bits per heavy atom. The maximum Gasteiger partial charge on any atom is 0.263 e. The highest BCUT2D eigenvalue weighted by atomic mass is 35.5. The number of aryl methyl sites for hydroxylation is 1. The van der Waals surface area contributed by atoms with E-state index in [1.807, 2.05) is 61.3 Å².